The number of carbonyl (C=O) groups is 2. The Bertz CT molecular complexity index is 675. The average molecular weight is 387 g/mol. The second kappa shape index (κ2) is 8.29. The van der Waals surface area contributed by atoms with E-state index in [0.717, 1.165) is 12.1 Å². The van der Waals surface area contributed by atoms with Gasteiger partial charge in [-0.25, -0.2) is 0 Å². The highest BCUT2D eigenvalue weighted by Crippen LogP contribution is 2.33. The number of ether oxygens (including phenoxy) is 1. The molecule has 1 aliphatic rings. The number of hydrogen-bond acceptors (Lipinski definition) is 3. The van der Waals surface area contributed by atoms with E-state index < -0.39 is 29.0 Å². The number of benzene rings is 1. The third kappa shape index (κ3) is 4.80. The van der Waals surface area contributed by atoms with Gasteiger partial charge < -0.3 is 14.7 Å². The second-order valence-corrected chi connectivity index (χ2v) is 7.03. The predicted octanol–water partition coefficient (Wildman–Crippen LogP) is 3.22. The molecule has 1 fully saturated rings. The maximum Gasteiger partial charge on any atom is 0.416 e. The minimum atomic E-state index is -4.39. The molecule has 0 spiro atoms. The maximum atomic E-state index is 12.8. The van der Waals surface area contributed by atoms with Crippen molar-refractivity contribution in [3.63, 3.8) is 0 Å². The van der Waals surface area contributed by atoms with E-state index in [9.17, 15) is 27.9 Å². The van der Waals surface area contributed by atoms with Gasteiger partial charge >= 0.3 is 12.1 Å². The Morgan fingerprint density at radius 1 is 1.30 bits per heavy atom. The van der Waals surface area contributed by atoms with Gasteiger partial charge in [0.2, 0.25) is 5.91 Å². The molecule has 0 bridgehead atoms. The van der Waals surface area contributed by atoms with E-state index >= 15 is 0 Å². The average Bonchev–Trinajstić information content (AvgIpc) is 3.05. The number of aliphatic carboxylic acids is 1. The van der Waals surface area contributed by atoms with Gasteiger partial charge in [-0.2, -0.15) is 13.2 Å². The molecule has 1 aromatic carbocycles. The molecule has 150 valence electrons. The summed E-state index contributed by atoms with van der Waals surface area (Å²) in [4.78, 5) is 26.0. The minimum Gasteiger partial charge on any atom is -0.481 e. The van der Waals surface area contributed by atoms with Crippen LogP contribution in [0.1, 0.15) is 30.9 Å². The van der Waals surface area contributed by atoms with E-state index in [-0.39, 0.29) is 19.1 Å². The number of hydrogen-bond donors (Lipinski definition) is 1. The topological polar surface area (TPSA) is 66.8 Å². The molecule has 27 heavy (non-hydrogen) atoms. The molecule has 8 heteroatoms. The van der Waals surface area contributed by atoms with Crippen molar-refractivity contribution in [2.45, 2.75) is 32.4 Å². The number of likely N-dealkylation sites (tertiary alicyclic amines) is 1. The summed E-state index contributed by atoms with van der Waals surface area (Å²) in [6.07, 6.45) is -3.25. The van der Waals surface area contributed by atoms with Crippen LogP contribution in [0.25, 0.3) is 0 Å². The molecule has 1 amide bonds. The Balaban J connectivity index is 2.07. The van der Waals surface area contributed by atoms with Gasteiger partial charge in [-0.15, -0.1) is 0 Å². The fourth-order valence-electron chi connectivity index (χ4n) is 3.47. The van der Waals surface area contributed by atoms with Crippen LogP contribution in [0.2, 0.25) is 0 Å². The molecule has 1 aliphatic heterocycles. The van der Waals surface area contributed by atoms with Crippen molar-refractivity contribution in [2.75, 3.05) is 26.8 Å². The number of methoxy groups -OCH3 is 1. The lowest BCUT2D eigenvalue weighted by atomic mass is 9.88. The van der Waals surface area contributed by atoms with Gasteiger partial charge in [0.05, 0.1) is 12.2 Å². The molecule has 0 aromatic heterocycles. The van der Waals surface area contributed by atoms with Crippen LogP contribution in [-0.2, 0) is 26.9 Å². The van der Waals surface area contributed by atoms with Crippen LogP contribution in [0.5, 0.6) is 0 Å². The molecule has 0 saturated carbocycles. The van der Waals surface area contributed by atoms with Crippen molar-refractivity contribution >= 4 is 11.9 Å². The van der Waals surface area contributed by atoms with Crippen LogP contribution in [0, 0.1) is 11.3 Å². The van der Waals surface area contributed by atoms with Crippen LogP contribution in [-0.4, -0.2) is 48.7 Å². The Kier molecular flexibility index (Phi) is 6.51. The molecule has 2 rings (SSSR count). The van der Waals surface area contributed by atoms with E-state index in [2.05, 4.69) is 0 Å². The lowest BCUT2D eigenvalue weighted by Gasteiger charge is -2.26. The number of amides is 1. The first-order chi connectivity index (χ1) is 12.6. The SMILES string of the molecule is CCC(Cc1ccc(C(F)(F)F)cc1)C(=O)N1CCC(COC)(C(=O)O)C1. The third-order valence-corrected chi connectivity index (χ3v) is 5.15. The van der Waals surface area contributed by atoms with E-state index in [4.69, 9.17) is 4.74 Å². The largest absolute Gasteiger partial charge is 0.481 e. The zero-order valence-corrected chi connectivity index (χ0v) is 15.4. The standard InChI is InChI=1S/C19H24F3NO4/c1-3-14(10-13-4-6-15(7-5-13)19(20,21)22)16(24)23-9-8-18(11-23,12-27-2)17(25)26/h4-7,14H,3,8-12H2,1-2H3,(H,25,26). The molecule has 5 nitrogen and oxygen atoms in total. The van der Waals surface area contributed by atoms with Crippen LogP contribution >= 0.6 is 0 Å². The summed E-state index contributed by atoms with van der Waals surface area (Å²) in [7, 11) is 1.43. The Hall–Kier alpha value is -2.09. The first-order valence-corrected chi connectivity index (χ1v) is 8.80. The van der Waals surface area contributed by atoms with Crippen LogP contribution in [0.15, 0.2) is 24.3 Å². The first-order valence-electron chi connectivity index (χ1n) is 8.80. The van der Waals surface area contributed by atoms with Gasteiger partial charge in [-0.1, -0.05) is 19.1 Å². The quantitative estimate of drug-likeness (QED) is 0.780. The van der Waals surface area contributed by atoms with Crippen LogP contribution in [0.4, 0.5) is 13.2 Å². The maximum absolute atomic E-state index is 12.8. The van der Waals surface area contributed by atoms with Crippen molar-refractivity contribution < 1.29 is 32.6 Å². The summed E-state index contributed by atoms with van der Waals surface area (Å²) in [6, 6.07) is 4.79. The van der Waals surface area contributed by atoms with Crippen molar-refractivity contribution in [1.29, 1.82) is 0 Å². The third-order valence-electron chi connectivity index (χ3n) is 5.15. The van der Waals surface area contributed by atoms with Crippen LogP contribution in [0.3, 0.4) is 0 Å². The van der Waals surface area contributed by atoms with Gasteiger partial charge in [-0.05, 0) is 37.0 Å². The molecular formula is C19H24F3NO4. The number of nitrogens with zero attached hydrogens (tertiary/aromatic N) is 1. The number of alkyl halides is 3. The first kappa shape index (κ1) is 21.2. The highest BCUT2D eigenvalue weighted by atomic mass is 19.4. The van der Waals surface area contributed by atoms with Crippen molar-refractivity contribution in [2.24, 2.45) is 11.3 Å². The summed E-state index contributed by atoms with van der Waals surface area (Å²) in [5, 5.41) is 9.51. The van der Waals surface area contributed by atoms with Crippen molar-refractivity contribution in [1.82, 2.24) is 4.90 Å². The zero-order valence-electron chi connectivity index (χ0n) is 15.4. The van der Waals surface area contributed by atoms with Gasteiger partial charge in [0.1, 0.15) is 5.41 Å². The smallest absolute Gasteiger partial charge is 0.416 e. The Morgan fingerprint density at radius 2 is 1.93 bits per heavy atom. The van der Waals surface area contributed by atoms with E-state index in [1.54, 1.807) is 0 Å². The summed E-state index contributed by atoms with van der Waals surface area (Å²) in [5.74, 6) is -1.57. The second-order valence-electron chi connectivity index (χ2n) is 7.03. The lowest BCUT2D eigenvalue weighted by molar-refractivity contribution is -0.152. The van der Waals surface area contributed by atoms with E-state index in [1.807, 2.05) is 6.92 Å². The summed E-state index contributed by atoms with van der Waals surface area (Å²) in [6.45, 7) is 2.28. The van der Waals surface area contributed by atoms with Crippen molar-refractivity contribution in [3.8, 4) is 0 Å². The minimum absolute atomic E-state index is 0.0296. The van der Waals surface area contributed by atoms with Crippen LogP contribution < -0.4 is 0 Å². The zero-order chi connectivity index (χ0) is 20.2. The van der Waals surface area contributed by atoms with E-state index in [1.165, 1.54) is 24.1 Å². The molecule has 2 unspecified atom stereocenters. The van der Waals surface area contributed by atoms with Crippen molar-refractivity contribution in [3.05, 3.63) is 35.4 Å². The number of carbonyl (C=O) groups excluding carboxylic acids is 1. The van der Waals surface area contributed by atoms with Gasteiger partial charge in [-0.3, -0.25) is 9.59 Å². The highest BCUT2D eigenvalue weighted by Gasteiger charge is 2.47. The highest BCUT2D eigenvalue weighted by molar-refractivity contribution is 5.82. The number of halogens is 3. The summed E-state index contributed by atoms with van der Waals surface area (Å²) >= 11 is 0. The molecule has 2 atom stereocenters. The van der Waals surface area contributed by atoms with Gasteiger partial charge in [0, 0.05) is 26.1 Å². The molecule has 0 aliphatic carbocycles. The molecular weight excluding hydrogens is 363 g/mol. The molecule has 1 heterocycles. The molecule has 1 aromatic rings. The normalized spacial score (nSPS) is 21.3. The molecule has 0 radical (unpaired) electrons. The van der Waals surface area contributed by atoms with Gasteiger partial charge in [0.15, 0.2) is 0 Å². The van der Waals surface area contributed by atoms with Gasteiger partial charge in [0.25, 0.3) is 0 Å². The van der Waals surface area contributed by atoms with E-state index in [0.29, 0.717) is 31.4 Å². The molecule has 1 N–H and O–H groups in total. The Morgan fingerprint density at radius 3 is 2.41 bits per heavy atom. The number of carboxylic acids is 1. The fourth-order valence-corrected chi connectivity index (χ4v) is 3.47. The number of carboxylic acid groups (broad SMARTS) is 1. The monoisotopic (exact) mass is 387 g/mol. The number of rotatable bonds is 7. The fraction of sp³-hybridized carbons (Fsp3) is 0.579. The summed E-state index contributed by atoms with van der Waals surface area (Å²) < 4.78 is 43.0. The lowest BCUT2D eigenvalue weighted by Crippen LogP contribution is -2.42. The Labute approximate surface area is 156 Å². The summed E-state index contributed by atoms with van der Waals surface area (Å²) in [5.41, 5.74) is -1.18. The molecule has 1 saturated heterocycles. The predicted molar refractivity (Wildman–Crippen MR) is 92.1 cm³/mol.